The monoisotopic (exact) mass is 266 g/mol. The molecule has 1 aliphatic rings. The molecule has 0 N–H and O–H groups in total. The van der Waals surface area contributed by atoms with Crippen molar-refractivity contribution in [3.63, 3.8) is 0 Å². The van der Waals surface area contributed by atoms with Gasteiger partial charge >= 0.3 is 5.97 Å². The zero-order chi connectivity index (χ0) is 13.1. The summed E-state index contributed by atoms with van der Waals surface area (Å²) < 4.78 is 37.1. The summed E-state index contributed by atoms with van der Waals surface area (Å²) in [7, 11) is -2.18. The fourth-order valence-electron chi connectivity index (χ4n) is 1.84. The Morgan fingerprint density at radius 1 is 1.47 bits per heavy atom. The summed E-state index contributed by atoms with van der Waals surface area (Å²) >= 11 is 0. The fourth-order valence-corrected chi connectivity index (χ4v) is 2.56. The third kappa shape index (κ3) is 4.61. The minimum absolute atomic E-state index is 0.112. The van der Waals surface area contributed by atoms with E-state index in [9.17, 15) is 13.2 Å². The minimum Gasteiger partial charge on any atom is -0.469 e. The lowest BCUT2D eigenvalue weighted by Gasteiger charge is -2.34. The molecule has 0 aromatic rings. The van der Waals surface area contributed by atoms with Crippen molar-refractivity contribution in [3.8, 4) is 0 Å². The zero-order valence-electron chi connectivity index (χ0n) is 10.2. The maximum absolute atomic E-state index is 11.2. The molecular weight excluding hydrogens is 248 g/mol. The van der Waals surface area contributed by atoms with Gasteiger partial charge in [-0.1, -0.05) is 6.92 Å². The molecule has 1 rings (SSSR count). The van der Waals surface area contributed by atoms with Crippen molar-refractivity contribution in [1.29, 1.82) is 0 Å². The summed E-state index contributed by atoms with van der Waals surface area (Å²) in [6.07, 6.45) is 0.842. The Bertz CT molecular complexity index is 363. The number of hydrogen-bond donors (Lipinski definition) is 0. The van der Waals surface area contributed by atoms with Gasteiger partial charge in [-0.2, -0.15) is 8.42 Å². The first-order valence-electron chi connectivity index (χ1n) is 5.40. The quantitative estimate of drug-likeness (QED) is 0.538. The van der Waals surface area contributed by atoms with Crippen LogP contribution >= 0.6 is 0 Å². The van der Waals surface area contributed by atoms with Crippen LogP contribution in [-0.4, -0.2) is 46.6 Å². The lowest BCUT2D eigenvalue weighted by molar-refractivity contribution is -0.148. The van der Waals surface area contributed by atoms with E-state index in [0.29, 0.717) is 13.0 Å². The van der Waals surface area contributed by atoms with Gasteiger partial charge in [0.15, 0.2) is 0 Å². The van der Waals surface area contributed by atoms with Crippen LogP contribution in [0.1, 0.15) is 19.8 Å². The van der Waals surface area contributed by atoms with Crippen LogP contribution in [0.4, 0.5) is 0 Å². The second-order valence-electron chi connectivity index (χ2n) is 4.18. The highest BCUT2D eigenvalue weighted by atomic mass is 32.2. The Kier molecular flexibility index (Phi) is 4.91. The van der Waals surface area contributed by atoms with Crippen LogP contribution in [0.3, 0.4) is 0 Å². The van der Waals surface area contributed by atoms with Gasteiger partial charge in [-0.05, 0) is 6.42 Å². The zero-order valence-corrected chi connectivity index (χ0v) is 11.0. The second kappa shape index (κ2) is 5.79. The van der Waals surface area contributed by atoms with E-state index in [1.165, 1.54) is 7.11 Å². The van der Waals surface area contributed by atoms with Gasteiger partial charge in [0.2, 0.25) is 0 Å². The molecule has 1 saturated heterocycles. The van der Waals surface area contributed by atoms with E-state index in [-0.39, 0.29) is 24.4 Å². The Morgan fingerprint density at radius 3 is 2.65 bits per heavy atom. The molecule has 0 aromatic carbocycles. The number of esters is 1. The Morgan fingerprint density at radius 2 is 2.12 bits per heavy atom. The highest BCUT2D eigenvalue weighted by Gasteiger charge is 2.35. The average molecular weight is 266 g/mol. The van der Waals surface area contributed by atoms with Crippen LogP contribution < -0.4 is 0 Å². The molecule has 0 radical (unpaired) electrons. The minimum atomic E-state index is -3.49. The van der Waals surface area contributed by atoms with Gasteiger partial charge in [0.1, 0.15) is 0 Å². The fraction of sp³-hybridized carbons (Fsp3) is 0.900. The maximum atomic E-state index is 11.2. The van der Waals surface area contributed by atoms with E-state index in [4.69, 9.17) is 8.92 Å². The first-order chi connectivity index (χ1) is 7.83. The number of ether oxygens (including phenoxy) is 2. The van der Waals surface area contributed by atoms with E-state index in [0.717, 1.165) is 6.26 Å². The first-order valence-corrected chi connectivity index (χ1v) is 7.22. The van der Waals surface area contributed by atoms with Gasteiger partial charge < -0.3 is 9.47 Å². The van der Waals surface area contributed by atoms with Crippen molar-refractivity contribution in [2.75, 3.05) is 20.0 Å². The summed E-state index contributed by atoms with van der Waals surface area (Å²) in [5.41, 5.74) is 0. The van der Waals surface area contributed by atoms with Gasteiger partial charge in [-0.15, -0.1) is 0 Å². The molecule has 0 aliphatic carbocycles. The highest BCUT2D eigenvalue weighted by molar-refractivity contribution is 7.86. The van der Waals surface area contributed by atoms with Crippen molar-refractivity contribution in [2.45, 2.75) is 32.0 Å². The van der Waals surface area contributed by atoms with E-state index in [2.05, 4.69) is 4.74 Å². The normalized spacial score (nSPS) is 29.9. The smallest absolute Gasteiger partial charge is 0.308 e. The van der Waals surface area contributed by atoms with Gasteiger partial charge in [-0.3, -0.25) is 8.98 Å². The SMILES string of the molecule is COC(=O)C[C@H]1OCC[C@@H](OS(C)(=O)=O)[C@@H]1C. The number of rotatable bonds is 4. The standard InChI is InChI=1S/C10H18O6S/c1-7-8(16-17(3,12)13)4-5-15-9(7)6-10(11)14-2/h7-9H,4-6H2,1-3H3/t7-,8+,9+/m0/s1. The van der Waals surface area contributed by atoms with Crippen molar-refractivity contribution < 1.29 is 26.9 Å². The first kappa shape index (κ1) is 14.4. The Labute approximate surface area is 101 Å². The third-order valence-corrected chi connectivity index (χ3v) is 3.40. The Balaban J connectivity index is 2.62. The van der Waals surface area contributed by atoms with Crippen molar-refractivity contribution in [3.05, 3.63) is 0 Å². The molecule has 0 amide bonds. The van der Waals surface area contributed by atoms with E-state index < -0.39 is 16.2 Å². The number of methoxy groups -OCH3 is 1. The molecule has 100 valence electrons. The van der Waals surface area contributed by atoms with Gasteiger partial charge in [0.05, 0.1) is 32.0 Å². The molecule has 1 aliphatic heterocycles. The van der Waals surface area contributed by atoms with Crippen LogP contribution in [0.2, 0.25) is 0 Å². The summed E-state index contributed by atoms with van der Waals surface area (Å²) in [6, 6.07) is 0. The number of carbonyl (C=O) groups excluding carboxylic acids is 1. The van der Waals surface area contributed by atoms with E-state index >= 15 is 0 Å². The van der Waals surface area contributed by atoms with Gasteiger partial charge in [-0.25, -0.2) is 0 Å². The number of carbonyl (C=O) groups is 1. The van der Waals surface area contributed by atoms with Crippen LogP contribution in [-0.2, 0) is 28.6 Å². The maximum Gasteiger partial charge on any atom is 0.308 e. The Hall–Kier alpha value is -0.660. The molecule has 0 spiro atoms. The molecule has 17 heavy (non-hydrogen) atoms. The van der Waals surface area contributed by atoms with E-state index in [1.54, 1.807) is 0 Å². The van der Waals surface area contributed by atoms with E-state index in [1.807, 2.05) is 6.92 Å². The third-order valence-electron chi connectivity index (χ3n) is 2.80. The molecule has 0 unspecified atom stereocenters. The van der Waals surface area contributed by atoms with Gasteiger partial charge in [0.25, 0.3) is 10.1 Å². The molecule has 0 bridgehead atoms. The lowest BCUT2D eigenvalue weighted by Crippen LogP contribution is -2.41. The van der Waals surface area contributed by atoms with Crippen LogP contribution in [0, 0.1) is 5.92 Å². The summed E-state index contributed by atoms with van der Waals surface area (Å²) in [6.45, 7) is 2.19. The highest BCUT2D eigenvalue weighted by Crippen LogP contribution is 2.26. The summed E-state index contributed by atoms with van der Waals surface area (Å²) in [5.74, 6) is -0.542. The number of hydrogen-bond acceptors (Lipinski definition) is 6. The topological polar surface area (TPSA) is 78.9 Å². The van der Waals surface area contributed by atoms with Crippen LogP contribution in [0.25, 0.3) is 0 Å². The molecule has 1 heterocycles. The van der Waals surface area contributed by atoms with Crippen LogP contribution in [0.15, 0.2) is 0 Å². The molecule has 3 atom stereocenters. The van der Waals surface area contributed by atoms with Crippen LogP contribution in [0.5, 0.6) is 0 Å². The van der Waals surface area contributed by atoms with Gasteiger partial charge in [0, 0.05) is 12.5 Å². The molecular formula is C10H18O6S. The van der Waals surface area contributed by atoms with Crippen molar-refractivity contribution in [2.24, 2.45) is 5.92 Å². The molecule has 6 nitrogen and oxygen atoms in total. The largest absolute Gasteiger partial charge is 0.469 e. The summed E-state index contributed by atoms with van der Waals surface area (Å²) in [4.78, 5) is 11.2. The van der Waals surface area contributed by atoms with Crippen molar-refractivity contribution >= 4 is 16.1 Å². The molecule has 0 aromatic heterocycles. The predicted molar refractivity (Wildman–Crippen MR) is 59.9 cm³/mol. The predicted octanol–water partition coefficient (Wildman–Crippen LogP) is 0.319. The second-order valence-corrected chi connectivity index (χ2v) is 5.78. The molecule has 0 saturated carbocycles. The summed E-state index contributed by atoms with van der Waals surface area (Å²) in [5, 5.41) is 0. The van der Waals surface area contributed by atoms with Crippen molar-refractivity contribution in [1.82, 2.24) is 0 Å². The average Bonchev–Trinajstić information content (AvgIpc) is 2.22. The molecule has 7 heteroatoms. The molecule has 1 fully saturated rings. The lowest BCUT2D eigenvalue weighted by atomic mass is 9.91.